The Labute approximate surface area is 123 Å². The molecule has 0 heterocycles. The van der Waals surface area contributed by atoms with Crippen LogP contribution in [-0.4, -0.2) is 12.5 Å². The molecule has 0 unspecified atom stereocenters. The summed E-state index contributed by atoms with van der Waals surface area (Å²) in [7, 11) is 0. The Morgan fingerprint density at radius 2 is 1.85 bits per heavy atom. The molecule has 2 aromatic rings. The monoisotopic (exact) mass is 289 g/mol. The van der Waals surface area contributed by atoms with Crippen LogP contribution in [0.25, 0.3) is 0 Å². The van der Waals surface area contributed by atoms with E-state index in [1.807, 2.05) is 43.3 Å². The van der Waals surface area contributed by atoms with Crippen molar-refractivity contribution in [3.63, 3.8) is 0 Å². The van der Waals surface area contributed by atoms with Gasteiger partial charge in [0.25, 0.3) is 5.91 Å². The van der Waals surface area contributed by atoms with E-state index in [0.29, 0.717) is 23.8 Å². The predicted molar refractivity (Wildman–Crippen MR) is 81.6 cm³/mol. The second-order valence-electron chi connectivity index (χ2n) is 4.17. The lowest BCUT2D eigenvalue weighted by molar-refractivity contribution is 0.102. The van der Waals surface area contributed by atoms with Gasteiger partial charge in [-0.2, -0.15) is 0 Å². The molecule has 0 spiro atoms. The molecule has 3 nitrogen and oxygen atoms in total. The van der Waals surface area contributed by atoms with Crippen LogP contribution in [0.15, 0.2) is 48.5 Å². The van der Waals surface area contributed by atoms with Gasteiger partial charge in [0.1, 0.15) is 5.75 Å². The molecule has 1 N–H and O–H groups in total. The number of halogens is 1. The van der Waals surface area contributed by atoms with Gasteiger partial charge in [-0.25, -0.2) is 0 Å². The van der Waals surface area contributed by atoms with Crippen molar-refractivity contribution in [2.24, 2.45) is 0 Å². The first-order valence-corrected chi connectivity index (χ1v) is 6.96. The number of carbonyl (C=O) groups excluding carboxylic acids is 1. The zero-order valence-corrected chi connectivity index (χ0v) is 12.0. The fraction of sp³-hybridized carbons (Fsp3) is 0.188. The lowest BCUT2D eigenvalue weighted by Gasteiger charge is -2.12. The van der Waals surface area contributed by atoms with Crippen molar-refractivity contribution in [2.75, 3.05) is 11.9 Å². The highest BCUT2D eigenvalue weighted by molar-refractivity contribution is 6.17. The van der Waals surface area contributed by atoms with Crippen molar-refractivity contribution in [1.29, 1.82) is 0 Å². The lowest BCUT2D eigenvalue weighted by atomic mass is 10.1. The first-order valence-electron chi connectivity index (χ1n) is 6.43. The molecule has 104 valence electrons. The van der Waals surface area contributed by atoms with Crippen LogP contribution in [0.1, 0.15) is 22.8 Å². The van der Waals surface area contributed by atoms with Crippen LogP contribution in [0.2, 0.25) is 0 Å². The molecule has 0 aliphatic carbocycles. The molecule has 2 rings (SSSR count). The van der Waals surface area contributed by atoms with Gasteiger partial charge in [0, 0.05) is 11.6 Å². The van der Waals surface area contributed by atoms with Crippen molar-refractivity contribution in [2.45, 2.75) is 12.8 Å². The van der Waals surface area contributed by atoms with Crippen LogP contribution in [0, 0.1) is 0 Å². The van der Waals surface area contributed by atoms with E-state index in [1.165, 1.54) is 0 Å². The Bertz CT molecular complexity index is 599. The summed E-state index contributed by atoms with van der Waals surface area (Å²) in [4.78, 5) is 12.3. The molecule has 0 aliphatic rings. The van der Waals surface area contributed by atoms with E-state index < -0.39 is 0 Å². The van der Waals surface area contributed by atoms with E-state index in [2.05, 4.69) is 5.32 Å². The fourth-order valence-electron chi connectivity index (χ4n) is 1.88. The number of hydrogen-bond acceptors (Lipinski definition) is 2. The normalized spacial score (nSPS) is 10.1. The summed E-state index contributed by atoms with van der Waals surface area (Å²) < 4.78 is 5.47. The number of ether oxygens (including phenoxy) is 1. The summed E-state index contributed by atoms with van der Waals surface area (Å²) in [6.45, 7) is 2.40. The fourth-order valence-corrected chi connectivity index (χ4v) is 2.12. The molecule has 0 atom stereocenters. The maximum absolute atomic E-state index is 12.3. The minimum atomic E-state index is -0.202. The van der Waals surface area contributed by atoms with Crippen LogP contribution >= 0.6 is 11.6 Å². The Balaban J connectivity index is 2.24. The zero-order chi connectivity index (χ0) is 14.4. The Morgan fingerprint density at radius 1 is 1.15 bits per heavy atom. The van der Waals surface area contributed by atoms with Crippen molar-refractivity contribution < 1.29 is 9.53 Å². The molecule has 0 radical (unpaired) electrons. The van der Waals surface area contributed by atoms with Gasteiger partial charge in [0.2, 0.25) is 0 Å². The molecule has 0 aliphatic heterocycles. The lowest BCUT2D eigenvalue weighted by Crippen LogP contribution is -2.14. The summed E-state index contributed by atoms with van der Waals surface area (Å²) in [6, 6.07) is 14.6. The van der Waals surface area contributed by atoms with Gasteiger partial charge in [-0.1, -0.05) is 30.3 Å². The van der Waals surface area contributed by atoms with E-state index >= 15 is 0 Å². The third kappa shape index (κ3) is 3.31. The maximum Gasteiger partial charge on any atom is 0.259 e. The minimum absolute atomic E-state index is 0.202. The molecule has 2 aromatic carbocycles. The van der Waals surface area contributed by atoms with Crippen LogP contribution in [0.5, 0.6) is 5.75 Å². The topological polar surface area (TPSA) is 38.3 Å². The number of rotatable bonds is 5. The number of anilines is 1. The van der Waals surface area contributed by atoms with Crippen LogP contribution < -0.4 is 10.1 Å². The van der Waals surface area contributed by atoms with Gasteiger partial charge in [0.05, 0.1) is 12.2 Å². The number of nitrogens with one attached hydrogen (secondary N) is 1. The highest BCUT2D eigenvalue weighted by Gasteiger charge is 2.13. The average Bonchev–Trinajstić information content (AvgIpc) is 2.48. The van der Waals surface area contributed by atoms with Gasteiger partial charge in [-0.15, -0.1) is 11.6 Å². The Morgan fingerprint density at radius 3 is 2.60 bits per heavy atom. The van der Waals surface area contributed by atoms with Crippen molar-refractivity contribution in [3.05, 3.63) is 59.7 Å². The third-order valence-electron chi connectivity index (χ3n) is 2.84. The van der Waals surface area contributed by atoms with E-state index in [4.69, 9.17) is 16.3 Å². The maximum atomic E-state index is 12.3. The van der Waals surface area contributed by atoms with Crippen LogP contribution in [0.3, 0.4) is 0 Å². The first-order chi connectivity index (χ1) is 9.76. The summed E-state index contributed by atoms with van der Waals surface area (Å²) in [6.07, 6.45) is 0. The largest absolute Gasteiger partial charge is 0.493 e. The molecule has 1 amide bonds. The Kier molecular flexibility index (Phi) is 5.02. The molecule has 20 heavy (non-hydrogen) atoms. The summed E-state index contributed by atoms with van der Waals surface area (Å²) in [5, 5.41) is 2.87. The summed E-state index contributed by atoms with van der Waals surface area (Å²) in [5.41, 5.74) is 2.12. The van der Waals surface area contributed by atoms with Crippen molar-refractivity contribution >= 4 is 23.2 Å². The molecule has 0 saturated carbocycles. The molecule has 0 fully saturated rings. The van der Waals surface area contributed by atoms with Crippen molar-refractivity contribution in [3.8, 4) is 5.75 Å². The van der Waals surface area contributed by atoms with Gasteiger partial charge in [0.15, 0.2) is 0 Å². The number of carbonyl (C=O) groups is 1. The van der Waals surface area contributed by atoms with Gasteiger partial charge >= 0.3 is 0 Å². The van der Waals surface area contributed by atoms with Crippen molar-refractivity contribution in [1.82, 2.24) is 0 Å². The smallest absolute Gasteiger partial charge is 0.259 e. The second kappa shape index (κ2) is 6.96. The van der Waals surface area contributed by atoms with Gasteiger partial charge < -0.3 is 10.1 Å². The molecular weight excluding hydrogens is 274 g/mol. The SMILES string of the molecule is CCOc1ccccc1C(=O)Nc1ccccc1CCl. The van der Waals surface area contributed by atoms with Gasteiger partial charge in [-0.05, 0) is 30.7 Å². The molecular formula is C16H16ClNO2. The van der Waals surface area contributed by atoms with E-state index in [-0.39, 0.29) is 5.91 Å². The Hall–Kier alpha value is -2.00. The third-order valence-corrected chi connectivity index (χ3v) is 3.13. The number of para-hydroxylation sites is 2. The highest BCUT2D eigenvalue weighted by atomic mass is 35.5. The van der Waals surface area contributed by atoms with E-state index in [0.717, 1.165) is 11.3 Å². The van der Waals surface area contributed by atoms with Crippen LogP contribution in [-0.2, 0) is 5.88 Å². The number of benzene rings is 2. The minimum Gasteiger partial charge on any atom is -0.493 e. The molecule has 0 aromatic heterocycles. The summed E-state index contributed by atoms with van der Waals surface area (Å²) in [5.74, 6) is 0.728. The number of alkyl halides is 1. The van der Waals surface area contributed by atoms with E-state index in [1.54, 1.807) is 12.1 Å². The molecule has 4 heteroatoms. The van der Waals surface area contributed by atoms with E-state index in [9.17, 15) is 4.79 Å². The first kappa shape index (κ1) is 14.4. The molecule has 0 bridgehead atoms. The van der Waals surface area contributed by atoms with Crippen LogP contribution in [0.4, 0.5) is 5.69 Å². The quantitative estimate of drug-likeness (QED) is 0.843. The predicted octanol–water partition coefficient (Wildman–Crippen LogP) is 4.08. The standard InChI is InChI=1S/C16H16ClNO2/c1-2-20-15-10-6-4-8-13(15)16(19)18-14-9-5-3-7-12(14)11-17/h3-10H,2,11H2,1H3,(H,18,19). The highest BCUT2D eigenvalue weighted by Crippen LogP contribution is 2.22. The summed E-state index contributed by atoms with van der Waals surface area (Å²) >= 11 is 5.87. The molecule has 0 saturated heterocycles. The average molecular weight is 290 g/mol. The number of amides is 1. The van der Waals surface area contributed by atoms with Gasteiger partial charge in [-0.3, -0.25) is 4.79 Å². The zero-order valence-electron chi connectivity index (χ0n) is 11.2. The second-order valence-corrected chi connectivity index (χ2v) is 4.44. The number of hydrogen-bond donors (Lipinski definition) is 1.